The zero-order chi connectivity index (χ0) is 18.0. The highest BCUT2D eigenvalue weighted by Gasteiger charge is 2.23. The molecule has 0 atom stereocenters. The summed E-state index contributed by atoms with van der Waals surface area (Å²) in [5.41, 5.74) is 10.5. The van der Waals surface area contributed by atoms with E-state index in [0.717, 1.165) is 37.4 Å². The van der Waals surface area contributed by atoms with Crippen LogP contribution in [0.4, 0.5) is 23.0 Å². The molecular weight excluding hydrogens is 312 g/mol. The van der Waals surface area contributed by atoms with Crippen molar-refractivity contribution in [1.29, 1.82) is 0 Å². The van der Waals surface area contributed by atoms with E-state index in [1.165, 1.54) is 11.1 Å². The van der Waals surface area contributed by atoms with Crippen LogP contribution < -0.4 is 16.0 Å². The maximum atomic E-state index is 6.39. The van der Waals surface area contributed by atoms with Gasteiger partial charge in [-0.05, 0) is 70.1 Å². The van der Waals surface area contributed by atoms with Gasteiger partial charge in [-0.25, -0.2) is 9.97 Å². The van der Waals surface area contributed by atoms with Gasteiger partial charge in [0.05, 0.1) is 0 Å². The van der Waals surface area contributed by atoms with E-state index < -0.39 is 0 Å². The molecule has 2 heterocycles. The number of benzene rings is 1. The summed E-state index contributed by atoms with van der Waals surface area (Å²) in [6.07, 6.45) is 3.83. The predicted octanol–water partition coefficient (Wildman–Crippen LogP) is 2.95. The molecule has 1 aromatic carbocycles. The standard InChI is InChI=1S/C19H28N6/c1-13-5-6-15(11-14(13)2)23-18-17(20)19(22-12-21-18)25(4)16-7-9-24(3)10-8-16/h5-6,11-12,16H,7-10,20H2,1-4H3,(H,21,22,23). The summed E-state index contributed by atoms with van der Waals surface area (Å²) >= 11 is 0. The number of anilines is 4. The van der Waals surface area contributed by atoms with Crippen molar-refractivity contribution in [3.8, 4) is 0 Å². The number of nitrogens with one attached hydrogen (secondary N) is 1. The molecule has 0 spiro atoms. The molecule has 1 saturated heterocycles. The lowest BCUT2D eigenvalue weighted by atomic mass is 10.0. The minimum atomic E-state index is 0.461. The Morgan fingerprint density at radius 2 is 1.88 bits per heavy atom. The lowest BCUT2D eigenvalue weighted by molar-refractivity contribution is 0.252. The predicted molar refractivity (Wildman–Crippen MR) is 105 cm³/mol. The molecule has 0 radical (unpaired) electrons. The molecule has 0 unspecified atom stereocenters. The molecule has 6 heteroatoms. The van der Waals surface area contributed by atoms with Crippen molar-refractivity contribution in [2.24, 2.45) is 0 Å². The van der Waals surface area contributed by atoms with Gasteiger partial charge < -0.3 is 20.9 Å². The first-order valence-electron chi connectivity index (χ1n) is 8.82. The number of aryl methyl sites for hydroxylation is 2. The zero-order valence-corrected chi connectivity index (χ0v) is 15.6. The minimum Gasteiger partial charge on any atom is -0.393 e. The summed E-state index contributed by atoms with van der Waals surface area (Å²) in [7, 11) is 4.25. The van der Waals surface area contributed by atoms with Crippen LogP contribution in [0.2, 0.25) is 0 Å². The highest BCUT2D eigenvalue weighted by Crippen LogP contribution is 2.31. The number of nitrogens with zero attached hydrogens (tertiary/aromatic N) is 4. The van der Waals surface area contributed by atoms with Gasteiger partial charge in [-0.15, -0.1) is 0 Å². The molecule has 2 aromatic rings. The van der Waals surface area contributed by atoms with E-state index in [0.29, 0.717) is 17.5 Å². The van der Waals surface area contributed by atoms with Crippen LogP contribution in [-0.4, -0.2) is 48.1 Å². The highest BCUT2D eigenvalue weighted by atomic mass is 15.2. The van der Waals surface area contributed by atoms with E-state index in [4.69, 9.17) is 5.73 Å². The van der Waals surface area contributed by atoms with Crippen LogP contribution in [0.25, 0.3) is 0 Å². The summed E-state index contributed by atoms with van der Waals surface area (Å²) in [5, 5.41) is 3.33. The van der Waals surface area contributed by atoms with Crippen molar-refractivity contribution in [2.45, 2.75) is 32.7 Å². The summed E-state index contributed by atoms with van der Waals surface area (Å²) in [6.45, 7) is 6.41. The number of hydrogen-bond acceptors (Lipinski definition) is 6. The Labute approximate surface area is 150 Å². The largest absolute Gasteiger partial charge is 0.393 e. The first-order chi connectivity index (χ1) is 12.0. The molecule has 3 rings (SSSR count). The van der Waals surface area contributed by atoms with Crippen molar-refractivity contribution in [1.82, 2.24) is 14.9 Å². The monoisotopic (exact) mass is 340 g/mol. The van der Waals surface area contributed by atoms with Gasteiger partial charge in [0.25, 0.3) is 0 Å². The van der Waals surface area contributed by atoms with Crippen molar-refractivity contribution in [2.75, 3.05) is 43.1 Å². The molecule has 0 saturated carbocycles. The second-order valence-electron chi connectivity index (χ2n) is 7.03. The molecule has 1 aliphatic heterocycles. The molecule has 0 amide bonds. The molecule has 6 nitrogen and oxygen atoms in total. The smallest absolute Gasteiger partial charge is 0.159 e. The van der Waals surface area contributed by atoms with Gasteiger partial charge in [0.1, 0.15) is 12.0 Å². The van der Waals surface area contributed by atoms with Gasteiger partial charge in [-0.2, -0.15) is 0 Å². The topological polar surface area (TPSA) is 70.3 Å². The molecule has 0 aliphatic carbocycles. The molecule has 3 N–H and O–H groups in total. The number of aromatic nitrogens is 2. The van der Waals surface area contributed by atoms with Crippen LogP contribution in [0.3, 0.4) is 0 Å². The summed E-state index contributed by atoms with van der Waals surface area (Å²) < 4.78 is 0. The van der Waals surface area contributed by atoms with Gasteiger partial charge in [0.15, 0.2) is 11.6 Å². The molecule has 134 valence electrons. The fourth-order valence-electron chi connectivity index (χ4n) is 3.28. The van der Waals surface area contributed by atoms with Crippen molar-refractivity contribution in [3.05, 3.63) is 35.7 Å². The van der Waals surface area contributed by atoms with E-state index >= 15 is 0 Å². The minimum absolute atomic E-state index is 0.461. The molecule has 0 bridgehead atoms. The second-order valence-corrected chi connectivity index (χ2v) is 7.03. The fraction of sp³-hybridized carbons (Fsp3) is 0.474. The Bertz CT molecular complexity index is 737. The molecule has 25 heavy (non-hydrogen) atoms. The fourth-order valence-corrected chi connectivity index (χ4v) is 3.28. The number of piperidine rings is 1. The third-order valence-electron chi connectivity index (χ3n) is 5.20. The Kier molecular flexibility index (Phi) is 5.08. The quantitative estimate of drug-likeness (QED) is 0.892. The normalized spacial score (nSPS) is 16.0. The van der Waals surface area contributed by atoms with E-state index in [1.807, 2.05) is 6.07 Å². The Morgan fingerprint density at radius 1 is 1.16 bits per heavy atom. The molecule has 1 fully saturated rings. The maximum Gasteiger partial charge on any atom is 0.159 e. The van der Waals surface area contributed by atoms with Crippen LogP contribution in [-0.2, 0) is 0 Å². The van der Waals surface area contributed by atoms with E-state index in [2.05, 4.69) is 65.2 Å². The van der Waals surface area contributed by atoms with Gasteiger partial charge in [-0.3, -0.25) is 0 Å². The van der Waals surface area contributed by atoms with E-state index in [9.17, 15) is 0 Å². The third-order valence-corrected chi connectivity index (χ3v) is 5.20. The second kappa shape index (κ2) is 7.27. The van der Waals surface area contributed by atoms with Crippen LogP contribution in [0.15, 0.2) is 24.5 Å². The zero-order valence-electron chi connectivity index (χ0n) is 15.6. The first-order valence-corrected chi connectivity index (χ1v) is 8.82. The molecule has 1 aliphatic rings. The van der Waals surface area contributed by atoms with Crippen LogP contribution in [0.5, 0.6) is 0 Å². The highest BCUT2D eigenvalue weighted by molar-refractivity contribution is 5.78. The Morgan fingerprint density at radius 3 is 2.56 bits per heavy atom. The Hall–Kier alpha value is -2.34. The van der Waals surface area contributed by atoms with Crippen LogP contribution in [0, 0.1) is 13.8 Å². The molecule has 1 aromatic heterocycles. The van der Waals surface area contributed by atoms with Crippen LogP contribution in [0.1, 0.15) is 24.0 Å². The number of rotatable bonds is 4. The molecular formula is C19H28N6. The Balaban J connectivity index is 1.80. The first kappa shape index (κ1) is 17.5. The number of hydrogen-bond donors (Lipinski definition) is 2. The third kappa shape index (κ3) is 3.85. The van der Waals surface area contributed by atoms with Gasteiger partial charge in [0, 0.05) is 18.8 Å². The summed E-state index contributed by atoms with van der Waals surface area (Å²) in [4.78, 5) is 13.4. The number of nitrogen functional groups attached to an aromatic ring is 1. The summed E-state index contributed by atoms with van der Waals surface area (Å²) in [6, 6.07) is 6.71. The van der Waals surface area contributed by atoms with Gasteiger partial charge >= 0.3 is 0 Å². The van der Waals surface area contributed by atoms with E-state index in [-0.39, 0.29) is 0 Å². The lowest BCUT2D eigenvalue weighted by Gasteiger charge is -2.36. The number of nitrogens with two attached hydrogens (primary N) is 1. The van der Waals surface area contributed by atoms with Crippen molar-refractivity contribution < 1.29 is 0 Å². The average molecular weight is 340 g/mol. The van der Waals surface area contributed by atoms with Crippen LogP contribution >= 0.6 is 0 Å². The summed E-state index contributed by atoms with van der Waals surface area (Å²) in [5.74, 6) is 1.46. The van der Waals surface area contributed by atoms with E-state index in [1.54, 1.807) is 6.33 Å². The average Bonchev–Trinajstić information content (AvgIpc) is 2.60. The van der Waals surface area contributed by atoms with Gasteiger partial charge in [0.2, 0.25) is 0 Å². The maximum absolute atomic E-state index is 6.39. The van der Waals surface area contributed by atoms with Crippen molar-refractivity contribution >= 4 is 23.0 Å². The number of likely N-dealkylation sites (tertiary alicyclic amines) is 1. The lowest BCUT2D eigenvalue weighted by Crippen LogP contribution is -2.42. The SMILES string of the molecule is Cc1ccc(Nc2ncnc(N(C)C3CCN(C)CC3)c2N)cc1C. The van der Waals surface area contributed by atoms with Crippen molar-refractivity contribution in [3.63, 3.8) is 0 Å². The van der Waals surface area contributed by atoms with Gasteiger partial charge in [-0.1, -0.05) is 6.07 Å².